The number of β-amino-alcohol motifs (C(OH)–C–C–N with tert-alkyl or cyclic N) is 1. The van der Waals surface area contributed by atoms with E-state index in [2.05, 4.69) is 4.90 Å². The van der Waals surface area contributed by atoms with E-state index >= 15 is 0 Å². The Morgan fingerprint density at radius 2 is 2.26 bits per heavy atom. The first kappa shape index (κ1) is 21.8. The van der Waals surface area contributed by atoms with Crippen LogP contribution in [0.3, 0.4) is 0 Å². The second-order valence-corrected chi connectivity index (χ2v) is 7.32. The third-order valence-electron chi connectivity index (χ3n) is 4.79. The minimum atomic E-state index is -0.435. The number of nitrogens with zero attached hydrogens (tertiary/aromatic N) is 2. The summed E-state index contributed by atoms with van der Waals surface area (Å²) >= 11 is 0. The van der Waals surface area contributed by atoms with Crippen LogP contribution in [0, 0.1) is 11.7 Å². The van der Waals surface area contributed by atoms with Gasteiger partial charge in [0.2, 0.25) is 0 Å². The summed E-state index contributed by atoms with van der Waals surface area (Å²) in [5.74, 6) is -0.483. The topological polar surface area (TPSA) is 62.2 Å². The number of morpholine rings is 1. The van der Waals surface area contributed by atoms with Crippen molar-refractivity contribution in [3.05, 3.63) is 35.6 Å². The Morgan fingerprint density at radius 3 is 2.93 bits per heavy atom. The highest BCUT2D eigenvalue weighted by Gasteiger charge is 2.27. The molecular formula is C20H31FN2O4. The van der Waals surface area contributed by atoms with Crippen LogP contribution in [0.15, 0.2) is 24.3 Å². The number of ether oxygens (including phenoxy) is 2. The van der Waals surface area contributed by atoms with Gasteiger partial charge in [-0.05, 0) is 24.1 Å². The predicted molar refractivity (Wildman–Crippen MR) is 101 cm³/mol. The van der Waals surface area contributed by atoms with Crippen molar-refractivity contribution in [3.63, 3.8) is 0 Å². The van der Waals surface area contributed by atoms with E-state index < -0.39 is 5.82 Å². The third kappa shape index (κ3) is 6.84. The minimum absolute atomic E-state index is 0.160. The van der Waals surface area contributed by atoms with Crippen molar-refractivity contribution in [2.75, 3.05) is 53.0 Å². The number of carbonyl (C=O) groups excluding carboxylic acids is 1. The molecule has 152 valence electrons. The molecular weight excluding hydrogens is 351 g/mol. The quantitative estimate of drug-likeness (QED) is 0.703. The van der Waals surface area contributed by atoms with Crippen LogP contribution >= 0.6 is 0 Å². The second-order valence-electron chi connectivity index (χ2n) is 7.32. The van der Waals surface area contributed by atoms with E-state index in [9.17, 15) is 14.3 Å². The van der Waals surface area contributed by atoms with E-state index in [0.717, 1.165) is 6.54 Å². The molecule has 0 bridgehead atoms. The third-order valence-corrected chi connectivity index (χ3v) is 4.79. The Labute approximate surface area is 160 Å². The first-order chi connectivity index (χ1) is 12.9. The molecule has 0 aromatic heterocycles. The Kier molecular flexibility index (Phi) is 8.63. The number of carbonyl (C=O) groups is 1. The highest BCUT2D eigenvalue weighted by atomic mass is 19.1. The molecule has 1 saturated heterocycles. The maximum Gasteiger partial charge on any atom is 0.254 e. The van der Waals surface area contributed by atoms with Crippen molar-refractivity contribution in [2.24, 2.45) is 5.92 Å². The van der Waals surface area contributed by atoms with E-state index in [1.54, 1.807) is 18.1 Å². The van der Waals surface area contributed by atoms with Gasteiger partial charge in [-0.25, -0.2) is 4.39 Å². The van der Waals surface area contributed by atoms with Crippen LogP contribution in [-0.2, 0) is 9.47 Å². The van der Waals surface area contributed by atoms with Gasteiger partial charge in [0.25, 0.3) is 5.91 Å². The van der Waals surface area contributed by atoms with Gasteiger partial charge in [0, 0.05) is 45.4 Å². The summed E-state index contributed by atoms with van der Waals surface area (Å²) in [7, 11) is 1.58. The lowest BCUT2D eigenvalue weighted by Crippen LogP contribution is -2.51. The molecule has 0 radical (unpaired) electrons. The van der Waals surface area contributed by atoms with Gasteiger partial charge in [-0.15, -0.1) is 0 Å². The monoisotopic (exact) mass is 382 g/mol. The number of aliphatic hydroxyl groups is 1. The van der Waals surface area contributed by atoms with Crippen LogP contribution in [0.25, 0.3) is 0 Å². The maximum absolute atomic E-state index is 13.5. The summed E-state index contributed by atoms with van der Waals surface area (Å²) in [4.78, 5) is 16.6. The molecule has 0 aliphatic carbocycles. The zero-order chi connectivity index (χ0) is 19.8. The Hall–Kier alpha value is -1.54. The van der Waals surface area contributed by atoms with Gasteiger partial charge < -0.3 is 19.5 Å². The van der Waals surface area contributed by atoms with E-state index in [4.69, 9.17) is 9.47 Å². The van der Waals surface area contributed by atoms with Crippen molar-refractivity contribution >= 4 is 5.91 Å². The molecule has 1 aromatic rings. The Balaban J connectivity index is 2.01. The SMILES string of the molecule is COCCN(CC1CN(CC(O)C(C)C)CCO1)C(=O)c1cccc(F)c1. The fourth-order valence-corrected chi connectivity index (χ4v) is 3.06. The first-order valence-electron chi connectivity index (χ1n) is 9.46. The summed E-state index contributed by atoms with van der Waals surface area (Å²) in [6.45, 7) is 7.73. The normalized spacial score (nSPS) is 19.3. The van der Waals surface area contributed by atoms with Crippen molar-refractivity contribution in [1.29, 1.82) is 0 Å². The van der Waals surface area contributed by atoms with Crippen LogP contribution in [0.1, 0.15) is 24.2 Å². The molecule has 1 aliphatic heterocycles. The van der Waals surface area contributed by atoms with Gasteiger partial charge >= 0.3 is 0 Å². The zero-order valence-corrected chi connectivity index (χ0v) is 16.4. The van der Waals surface area contributed by atoms with Gasteiger partial charge in [-0.2, -0.15) is 0 Å². The summed E-state index contributed by atoms with van der Waals surface area (Å²) in [6, 6.07) is 5.70. The largest absolute Gasteiger partial charge is 0.392 e. The van der Waals surface area contributed by atoms with Crippen LogP contribution in [0.4, 0.5) is 4.39 Å². The average molecular weight is 382 g/mol. The smallest absolute Gasteiger partial charge is 0.254 e. The highest BCUT2D eigenvalue weighted by molar-refractivity contribution is 5.94. The summed E-state index contributed by atoms with van der Waals surface area (Å²) in [6.07, 6.45) is -0.547. The number of amides is 1. The molecule has 2 unspecified atom stereocenters. The second kappa shape index (κ2) is 10.7. The van der Waals surface area contributed by atoms with E-state index in [1.807, 2.05) is 13.8 Å². The molecule has 0 saturated carbocycles. The van der Waals surface area contributed by atoms with Crippen molar-refractivity contribution in [2.45, 2.75) is 26.1 Å². The lowest BCUT2D eigenvalue weighted by Gasteiger charge is -2.37. The van der Waals surface area contributed by atoms with Crippen LogP contribution in [-0.4, -0.2) is 86.1 Å². The van der Waals surface area contributed by atoms with E-state index in [1.165, 1.54) is 18.2 Å². The van der Waals surface area contributed by atoms with Crippen LogP contribution in [0.2, 0.25) is 0 Å². The molecule has 1 aliphatic rings. The predicted octanol–water partition coefficient (Wildman–Crippen LogP) is 1.63. The number of hydrogen-bond acceptors (Lipinski definition) is 5. The number of rotatable bonds is 9. The van der Waals surface area contributed by atoms with Gasteiger partial charge in [0.1, 0.15) is 5.82 Å². The molecule has 1 aromatic carbocycles. The molecule has 1 amide bonds. The lowest BCUT2D eigenvalue weighted by atomic mass is 10.1. The molecule has 0 spiro atoms. The molecule has 6 nitrogen and oxygen atoms in total. The molecule has 7 heteroatoms. The van der Waals surface area contributed by atoms with Gasteiger partial charge in [0.15, 0.2) is 0 Å². The lowest BCUT2D eigenvalue weighted by molar-refractivity contribution is -0.0551. The van der Waals surface area contributed by atoms with Crippen molar-refractivity contribution in [1.82, 2.24) is 9.80 Å². The number of halogens is 1. The maximum atomic E-state index is 13.5. The summed E-state index contributed by atoms with van der Waals surface area (Å²) in [5, 5.41) is 10.1. The van der Waals surface area contributed by atoms with Gasteiger partial charge in [-0.3, -0.25) is 9.69 Å². The van der Waals surface area contributed by atoms with E-state index in [-0.39, 0.29) is 24.0 Å². The number of aliphatic hydroxyl groups excluding tert-OH is 1. The standard InChI is InChI=1S/C20H31FN2O4/c1-15(2)19(24)14-22-7-10-27-18(12-22)13-23(8-9-26-3)20(25)16-5-4-6-17(21)11-16/h4-6,11,15,18-19,24H,7-10,12-14H2,1-3H3. The van der Waals surface area contributed by atoms with Crippen LogP contribution in [0.5, 0.6) is 0 Å². The molecule has 2 atom stereocenters. The fourth-order valence-electron chi connectivity index (χ4n) is 3.06. The summed E-state index contributed by atoms with van der Waals surface area (Å²) < 4.78 is 24.4. The number of hydrogen-bond donors (Lipinski definition) is 1. The molecule has 27 heavy (non-hydrogen) atoms. The average Bonchev–Trinajstić information content (AvgIpc) is 2.64. The number of methoxy groups -OCH3 is 1. The van der Waals surface area contributed by atoms with Crippen molar-refractivity contribution in [3.8, 4) is 0 Å². The summed E-state index contributed by atoms with van der Waals surface area (Å²) in [5.41, 5.74) is 0.314. The first-order valence-corrected chi connectivity index (χ1v) is 9.46. The molecule has 1 heterocycles. The number of benzene rings is 1. The Bertz CT molecular complexity index is 599. The molecule has 1 N–H and O–H groups in total. The van der Waals surface area contributed by atoms with Gasteiger partial charge in [-0.1, -0.05) is 19.9 Å². The van der Waals surface area contributed by atoms with Crippen LogP contribution < -0.4 is 0 Å². The van der Waals surface area contributed by atoms with E-state index in [0.29, 0.717) is 45.0 Å². The minimum Gasteiger partial charge on any atom is -0.392 e. The zero-order valence-electron chi connectivity index (χ0n) is 16.4. The fraction of sp³-hybridized carbons (Fsp3) is 0.650. The molecule has 2 rings (SSSR count). The van der Waals surface area contributed by atoms with Crippen molar-refractivity contribution < 1.29 is 23.8 Å². The Morgan fingerprint density at radius 1 is 1.48 bits per heavy atom. The highest BCUT2D eigenvalue weighted by Crippen LogP contribution is 2.13. The molecule has 1 fully saturated rings. The van der Waals surface area contributed by atoms with Gasteiger partial charge in [0.05, 0.1) is 25.4 Å².